The second-order valence-corrected chi connectivity index (χ2v) is 7.49. The molecule has 0 spiro atoms. The molecule has 3 heterocycles. The van der Waals surface area contributed by atoms with Crippen molar-refractivity contribution in [3.8, 4) is 10.8 Å². The second kappa shape index (κ2) is 7.85. The third-order valence-corrected chi connectivity index (χ3v) is 5.37. The van der Waals surface area contributed by atoms with E-state index in [1.54, 1.807) is 11.3 Å². The predicted molar refractivity (Wildman–Crippen MR) is 109 cm³/mol. The monoisotopic (exact) mass is 396 g/mol. The number of hydrogen-bond donors (Lipinski definition) is 2. The molecule has 2 N–H and O–H groups in total. The van der Waals surface area contributed by atoms with E-state index in [0.29, 0.717) is 36.1 Å². The van der Waals surface area contributed by atoms with Gasteiger partial charge < -0.3 is 20.0 Å². The number of nitrogens with zero attached hydrogens (tertiary/aromatic N) is 2. The van der Waals surface area contributed by atoms with Crippen LogP contribution in [0.1, 0.15) is 11.5 Å². The van der Waals surface area contributed by atoms with Crippen LogP contribution in [0, 0.1) is 6.92 Å². The molecule has 8 heteroatoms. The van der Waals surface area contributed by atoms with Gasteiger partial charge in [0.05, 0.1) is 23.5 Å². The van der Waals surface area contributed by atoms with E-state index in [2.05, 4.69) is 15.6 Å². The molecular formula is C20H20N4O3S. The van der Waals surface area contributed by atoms with Crippen molar-refractivity contribution in [2.45, 2.75) is 13.3 Å². The van der Waals surface area contributed by atoms with Gasteiger partial charge in [-0.25, -0.2) is 4.98 Å². The maximum atomic E-state index is 12.4. The van der Waals surface area contributed by atoms with E-state index in [-0.39, 0.29) is 18.2 Å². The van der Waals surface area contributed by atoms with Gasteiger partial charge >= 0.3 is 0 Å². The number of aromatic nitrogens is 1. The van der Waals surface area contributed by atoms with E-state index in [0.717, 1.165) is 17.1 Å². The standard InChI is InChI=1S/C20H20N4O3S/c1-13-16(23-20(27-13)17-3-2-10-28-17)11-18(25)22-14-4-6-15(7-5-14)24-9-8-21-19(26)12-24/h2-7,10H,8-9,11-12H2,1H3,(H,21,26)(H,22,25). The molecule has 1 fully saturated rings. The van der Waals surface area contributed by atoms with Gasteiger partial charge in [-0.3, -0.25) is 9.59 Å². The summed E-state index contributed by atoms with van der Waals surface area (Å²) in [6.45, 7) is 3.58. The number of piperazine rings is 1. The number of rotatable bonds is 5. The Kier molecular flexibility index (Phi) is 5.12. The van der Waals surface area contributed by atoms with Gasteiger partial charge in [0.1, 0.15) is 5.76 Å². The average molecular weight is 396 g/mol. The average Bonchev–Trinajstić information content (AvgIpc) is 3.33. The number of amides is 2. The summed E-state index contributed by atoms with van der Waals surface area (Å²) in [5.74, 6) is 1.07. The molecule has 0 aliphatic carbocycles. The van der Waals surface area contributed by atoms with Gasteiger partial charge in [0, 0.05) is 24.5 Å². The zero-order valence-electron chi connectivity index (χ0n) is 15.4. The zero-order valence-corrected chi connectivity index (χ0v) is 16.2. The largest absolute Gasteiger partial charge is 0.440 e. The minimum atomic E-state index is -0.153. The highest BCUT2D eigenvalue weighted by Crippen LogP contribution is 2.26. The number of carbonyl (C=O) groups is 2. The Balaban J connectivity index is 1.38. The van der Waals surface area contributed by atoms with Crippen LogP contribution < -0.4 is 15.5 Å². The first-order valence-corrected chi connectivity index (χ1v) is 9.88. The highest BCUT2D eigenvalue weighted by Gasteiger charge is 2.17. The topological polar surface area (TPSA) is 87.5 Å². The molecule has 2 amide bonds. The Hall–Kier alpha value is -3.13. The Morgan fingerprint density at radius 3 is 2.86 bits per heavy atom. The SMILES string of the molecule is Cc1oc(-c2cccs2)nc1CC(=O)Nc1ccc(N2CCNC(=O)C2)cc1. The summed E-state index contributed by atoms with van der Waals surface area (Å²) in [6.07, 6.45) is 0.148. The molecule has 0 radical (unpaired) electrons. The summed E-state index contributed by atoms with van der Waals surface area (Å²) in [5.41, 5.74) is 2.30. The number of thiophene rings is 1. The number of benzene rings is 1. The van der Waals surface area contributed by atoms with E-state index in [4.69, 9.17) is 4.42 Å². The molecule has 3 aromatic rings. The number of anilines is 2. The van der Waals surface area contributed by atoms with Crippen LogP contribution >= 0.6 is 11.3 Å². The van der Waals surface area contributed by atoms with Crippen LogP contribution in [0.25, 0.3) is 10.8 Å². The molecule has 4 rings (SSSR count). The summed E-state index contributed by atoms with van der Waals surface area (Å²) in [6, 6.07) is 11.4. The van der Waals surface area contributed by atoms with Crippen LogP contribution in [0.4, 0.5) is 11.4 Å². The fourth-order valence-corrected chi connectivity index (χ4v) is 3.72. The molecule has 144 valence electrons. The quantitative estimate of drug-likeness (QED) is 0.692. The maximum absolute atomic E-state index is 12.4. The highest BCUT2D eigenvalue weighted by molar-refractivity contribution is 7.13. The highest BCUT2D eigenvalue weighted by atomic mass is 32.1. The number of nitrogens with one attached hydrogen (secondary N) is 2. The van der Waals surface area contributed by atoms with Crippen LogP contribution in [0.15, 0.2) is 46.2 Å². The minimum Gasteiger partial charge on any atom is -0.440 e. The Labute approximate surface area is 166 Å². The van der Waals surface area contributed by atoms with Gasteiger partial charge in [-0.05, 0) is 42.6 Å². The van der Waals surface area contributed by atoms with E-state index in [1.807, 2.05) is 53.6 Å². The van der Waals surface area contributed by atoms with Gasteiger partial charge in [-0.15, -0.1) is 11.3 Å². The lowest BCUT2D eigenvalue weighted by Crippen LogP contribution is -2.47. The molecule has 0 unspecified atom stereocenters. The smallest absolute Gasteiger partial charge is 0.239 e. The van der Waals surface area contributed by atoms with Crippen molar-refractivity contribution in [2.24, 2.45) is 0 Å². The Morgan fingerprint density at radius 1 is 1.32 bits per heavy atom. The number of oxazole rings is 1. The molecule has 7 nitrogen and oxygen atoms in total. The molecule has 0 atom stereocenters. The molecule has 0 saturated carbocycles. The molecule has 1 saturated heterocycles. The number of hydrogen-bond acceptors (Lipinski definition) is 6. The molecule has 2 aromatic heterocycles. The lowest BCUT2D eigenvalue weighted by molar-refractivity contribution is -0.120. The van der Waals surface area contributed by atoms with Crippen molar-refractivity contribution in [3.63, 3.8) is 0 Å². The summed E-state index contributed by atoms with van der Waals surface area (Å²) >= 11 is 1.55. The molecule has 0 bridgehead atoms. The van der Waals surface area contributed by atoms with E-state index in [1.165, 1.54) is 0 Å². The van der Waals surface area contributed by atoms with E-state index >= 15 is 0 Å². The summed E-state index contributed by atoms with van der Waals surface area (Å²) < 4.78 is 5.68. The first kappa shape index (κ1) is 18.2. The summed E-state index contributed by atoms with van der Waals surface area (Å²) in [5, 5.41) is 7.65. The van der Waals surface area contributed by atoms with Gasteiger partial charge in [0.15, 0.2) is 0 Å². The lowest BCUT2D eigenvalue weighted by Gasteiger charge is -2.28. The van der Waals surface area contributed by atoms with Crippen LogP contribution in [0.5, 0.6) is 0 Å². The van der Waals surface area contributed by atoms with Crippen molar-refractivity contribution in [1.29, 1.82) is 0 Å². The normalized spacial score (nSPS) is 14.0. The summed E-state index contributed by atoms with van der Waals surface area (Å²) in [7, 11) is 0. The van der Waals surface area contributed by atoms with Crippen molar-refractivity contribution >= 4 is 34.5 Å². The van der Waals surface area contributed by atoms with Crippen molar-refractivity contribution in [1.82, 2.24) is 10.3 Å². The predicted octanol–water partition coefficient (Wildman–Crippen LogP) is 2.83. The van der Waals surface area contributed by atoms with Crippen molar-refractivity contribution < 1.29 is 14.0 Å². The molecule has 28 heavy (non-hydrogen) atoms. The Morgan fingerprint density at radius 2 is 2.14 bits per heavy atom. The van der Waals surface area contributed by atoms with Crippen LogP contribution in [-0.4, -0.2) is 36.4 Å². The molecule has 1 aromatic carbocycles. The lowest BCUT2D eigenvalue weighted by atomic mass is 10.2. The minimum absolute atomic E-state index is 0.0218. The van der Waals surface area contributed by atoms with Crippen molar-refractivity contribution in [3.05, 3.63) is 53.2 Å². The van der Waals surface area contributed by atoms with Crippen LogP contribution in [0.2, 0.25) is 0 Å². The molecule has 1 aliphatic heterocycles. The van der Waals surface area contributed by atoms with Crippen LogP contribution in [0.3, 0.4) is 0 Å². The number of carbonyl (C=O) groups excluding carboxylic acids is 2. The fourth-order valence-electron chi connectivity index (χ4n) is 3.07. The van der Waals surface area contributed by atoms with Gasteiger partial charge in [0.2, 0.25) is 17.7 Å². The van der Waals surface area contributed by atoms with Crippen LogP contribution in [-0.2, 0) is 16.0 Å². The van der Waals surface area contributed by atoms with Gasteiger partial charge in [-0.2, -0.15) is 0 Å². The van der Waals surface area contributed by atoms with E-state index < -0.39 is 0 Å². The first-order valence-electron chi connectivity index (χ1n) is 9.00. The first-order chi connectivity index (χ1) is 13.6. The Bertz CT molecular complexity index is 980. The number of aryl methyl sites for hydroxylation is 1. The summed E-state index contributed by atoms with van der Waals surface area (Å²) in [4.78, 5) is 31.3. The third-order valence-electron chi connectivity index (χ3n) is 4.51. The van der Waals surface area contributed by atoms with Gasteiger partial charge in [0.25, 0.3) is 0 Å². The fraction of sp³-hybridized carbons (Fsp3) is 0.250. The molecular weight excluding hydrogens is 376 g/mol. The second-order valence-electron chi connectivity index (χ2n) is 6.54. The molecule has 1 aliphatic rings. The zero-order chi connectivity index (χ0) is 19.5. The maximum Gasteiger partial charge on any atom is 0.239 e. The van der Waals surface area contributed by atoms with E-state index in [9.17, 15) is 9.59 Å². The third kappa shape index (κ3) is 4.07. The van der Waals surface area contributed by atoms with Gasteiger partial charge in [-0.1, -0.05) is 6.07 Å². The van der Waals surface area contributed by atoms with Crippen molar-refractivity contribution in [2.75, 3.05) is 29.9 Å².